The molecular weight excluding hydrogens is 277 g/mol. The molecule has 112 valence electrons. The second kappa shape index (κ2) is 8.87. The lowest BCUT2D eigenvalue weighted by molar-refractivity contribution is 0.132. The van der Waals surface area contributed by atoms with Crippen molar-refractivity contribution in [3.63, 3.8) is 0 Å². The smallest absolute Gasteiger partial charge is 0.179 e. The van der Waals surface area contributed by atoms with Crippen LogP contribution in [0.3, 0.4) is 0 Å². The summed E-state index contributed by atoms with van der Waals surface area (Å²) in [6.07, 6.45) is 3.59. The standard InChI is InChI=1S/C8H6FNOS.C7H16O/c1-4-10-7-6(12-4)3-2-5(9)8(7)11;1-3-5-7-8-6-4-2/h2-3,11H,1H3;3-7H2,1-2H3. The fourth-order valence-corrected chi connectivity index (χ4v) is 2.39. The average molecular weight is 299 g/mol. The quantitative estimate of drug-likeness (QED) is 0.816. The number of hydrogen-bond donors (Lipinski definition) is 1. The first-order valence-electron chi connectivity index (χ1n) is 6.92. The lowest BCUT2D eigenvalue weighted by atomic mass is 10.3. The summed E-state index contributed by atoms with van der Waals surface area (Å²) in [5, 5.41) is 10.1. The van der Waals surface area contributed by atoms with Gasteiger partial charge in [0.2, 0.25) is 0 Å². The summed E-state index contributed by atoms with van der Waals surface area (Å²) in [4.78, 5) is 4.00. The molecule has 5 heteroatoms. The summed E-state index contributed by atoms with van der Waals surface area (Å²) in [5.41, 5.74) is 0.359. The molecule has 3 nitrogen and oxygen atoms in total. The molecule has 1 aromatic carbocycles. The molecule has 20 heavy (non-hydrogen) atoms. The summed E-state index contributed by atoms with van der Waals surface area (Å²) in [7, 11) is 0. The van der Waals surface area contributed by atoms with E-state index in [4.69, 9.17) is 4.74 Å². The molecule has 1 N–H and O–H groups in total. The minimum atomic E-state index is -0.618. The number of phenols is 1. The molecule has 0 radical (unpaired) electrons. The second-order valence-corrected chi connectivity index (χ2v) is 5.68. The minimum Gasteiger partial charge on any atom is -0.503 e. The fraction of sp³-hybridized carbons (Fsp3) is 0.533. The first kappa shape index (κ1) is 16.9. The van der Waals surface area contributed by atoms with Crippen LogP contribution in [0.5, 0.6) is 5.75 Å². The summed E-state index contributed by atoms with van der Waals surface area (Å²) < 4.78 is 18.8. The number of thiazole rings is 1. The fourth-order valence-electron chi connectivity index (χ4n) is 1.56. The van der Waals surface area contributed by atoms with Crippen LogP contribution in [0.1, 0.15) is 38.1 Å². The third-order valence-corrected chi connectivity index (χ3v) is 3.52. The maximum atomic E-state index is 12.8. The first-order valence-corrected chi connectivity index (χ1v) is 7.74. The normalized spacial score (nSPS) is 10.4. The van der Waals surface area contributed by atoms with Crippen molar-refractivity contribution < 1.29 is 14.2 Å². The third kappa shape index (κ3) is 5.06. The molecule has 0 atom stereocenters. The van der Waals surface area contributed by atoms with Crippen molar-refractivity contribution in [2.45, 2.75) is 40.0 Å². The van der Waals surface area contributed by atoms with E-state index in [9.17, 15) is 9.50 Å². The van der Waals surface area contributed by atoms with Gasteiger partial charge in [0.15, 0.2) is 11.6 Å². The van der Waals surface area contributed by atoms with Crippen LogP contribution in [0.15, 0.2) is 12.1 Å². The summed E-state index contributed by atoms with van der Waals surface area (Å²) in [6, 6.07) is 2.87. The zero-order valence-electron chi connectivity index (χ0n) is 12.3. The van der Waals surface area contributed by atoms with E-state index in [0.29, 0.717) is 5.52 Å². The summed E-state index contributed by atoms with van der Waals surface area (Å²) >= 11 is 1.44. The molecule has 2 aromatic rings. The van der Waals surface area contributed by atoms with Crippen LogP contribution in [0.25, 0.3) is 10.2 Å². The van der Waals surface area contributed by atoms with Crippen molar-refractivity contribution in [2.75, 3.05) is 13.2 Å². The average Bonchev–Trinajstić information content (AvgIpc) is 2.82. The summed E-state index contributed by atoms with van der Waals surface area (Å²) in [5.74, 6) is -0.968. The molecule has 0 aliphatic rings. The lowest BCUT2D eigenvalue weighted by Crippen LogP contribution is -1.93. The lowest BCUT2D eigenvalue weighted by Gasteiger charge is -1.97. The molecule has 0 aliphatic heterocycles. The van der Waals surface area contributed by atoms with Crippen molar-refractivity contribution in [3.8, 4) is 5.75 Å². The highest BCUT2D eigenvalue weighted by molar-refractivity contribution is 7.18. The second-order valence-electron chi connectivity index (χ2n) is 4.44. The molecule has 0 bridgehead atoms. The third-order valence-electron chi connectivity index (χ3n) is 2.58. The molecule has 0 aliphatic carbocycles. The van der Waals surface area contributed by atoms with Gasteiger partial charge in [-0.05, 0) is 31.9 Å². The van der Waals surface area contributed by atoms with E-state index >= 15 is 0 Å². The van der Waals surface area contributed by atoms with Gasteiger partial charge >= 0.3 is 0 Å². The summed E-state index contributed by atoms with van der Waals surface area (Å²) in [6.45, 7) is 8.01. The van der Waals surface area contributed by atoms with Gasteiger partial charge in [0, 0.05) is 13.2 Å². The van der Waals surface area contributed by atoms with E-state index in [1.807, 2.05) is 6.92 Å². The van der Waals surface area contributed by atoms with Gasteiger partial charge in [-0.2, -0.15) is 0 Å². The van der Waals surface area contributed by atoms with E-state index < -0.39 is 5.82 Å². The highest BCUT2D eigenvalue weighted by atomic mass is 32.1. The van der Waals surface area contributed by atoms with Crippen LogP contribution >= 0.6 is 11.3 Å². The van der Waals surface area contributed by atoms with Gasteiger partial charge in [-0.25, -0.2) is 9.37 Å². The number of aryl methyl sites for hydroxylation is 1. The Kier molecular flexibility index (Phi) is 7.47. The number of benzene rings is 1. The predicted octanol–water partition coefficient (Wildman–Crippen LogP) is 4.66. The molecular formula is C15H22FNO2S. The topological polar surface area (TPSA) is 42.4 Å². The Balaban J connectivity index is 0.000000221. The number of halogens is 1. The molecule has 0 fully saturated rings. The highest BCUT2D eigenvalue weighted by Gasteiger charge is 2.09. The molecule has 0 amide bonds. The van der Waals surface area contributed by atoms with Crippen LogP contribution in [0.2, 0.25) is 0 Å². The minimum absolute atomic E-state index is 0.350. The monoisotopic (exact) mass is 299 g/mol. The number of ether oxygens (including phenoxy) is 1. The zero-order valence-corrected chi connectivity index (χ0v) is 13.1. The van der Waals surface area contributed by atoms with Crippen LogP contribution in [0, 0.1) is 12.7 Å². The Labute approximate surface area is 123 Å². The molecule has 1 aromatic heterocycles. The number of nitrogens with zero attached hydrogens (tertiary/aromatic N) is 1. The molecule has 0 saturated carbocycles. The number of fused-ring (bicyclic) bond motifs is 1. The predicted molar refractivity (Wildman–Crippen MR) is 82.0 cm³/mol. The molecule has 0 saturated heterocycles. The molecule has 0 unspecified atom stereocenters. The largest absolute Gasteiger partial charge is 0.503 e. The van der Waals surface area contributed by atoms with Crippen molar-refractivity contribution in [1.29, 1.82) is 0 Å². The highest BCUT2D eigenvalue weighted by Crippen LogP contribution is 2.30. The van der Waals surface area contributed by atoms with Crippen LogP contribution in [0.4, 0.5) is 4.39 Å². The van der Waals surface area contributed by atoms with Gasteiger partial charge in [0.05, 0.1) is 9.71 Å². The number of hydrogen-bond acceptors (Lipinski definition) is 4. The van der Waals surface area contributed by atoms with E-state index in [1.54, 1.807) is 6.07 Å². The Morgan fingerprint density at radius 3 is 2.65 bits per heavy atom. The van der Waals surface area contributed by atoms with E-state index in [0.717, 1.165) is 29.3 Å². The van der Waals surface area contributed by atoms with Crippen LogP contribution in [-0.2, 0) is 4.74 Å². The van der Waals surface area contributed by atoms with Crippen molar-refractivity contribution in [1.82, 2.24) is 4.98 Å². The first-order chi connectivity index (χ1) is 9.60. The Hall–Kier alpha value is -1.20. The van der Waals surface area contributed by atoms with E-state index in [1.165, 1.54) is 30.2 Å². The van der Waals surface area contributed by atoms with Gasteiger partial charge in [0.1, 0.15) is 5.52 Å². The number of rotatable bonds is 5. The van der Waals surface area contributed by atoms with Crippen molar-refractivity contribution >= 4 is 21.6 Å². The number of unbranched alkanes of at least 4 members (excludes halogenated alkanes) is 1. The maximum absolute atomic E-state index is 12.8. The van der Waals surface area contributed by atoms with Crippen LogP contribution in [-0.4, -0.2) is 23.3 Å². The van der Waals surface area contributed by atoms with Crippen LogP contribution < -0.4 is 0 Å². The van der Waals surface area contributed by atoms with Gasteiger partial charge in [-0.3, -0.25) is 0 Å². The molecule has 1 heterocycles. The molecule has 0 spiro atoms. The number of phenolic OH excluding ortho intramolecular Hbond substituents is 1. The maximum Gasteiger partial charge on any atom is 0.179 e. The van der Waals surface area contributed by atoms with E-state index in [-0.39, 0.29) is 5.75 Å². The SMILES string of the molecule is CCCCOCCC.Cc1nc2c(O)c(F)ccc2s1. The van der Waals surface area contributed by atoms with Gasteiger partial charge in [-0.1, -0.05) is 20.3 Å². The Morgan fingerprint density at radius 2 is 2.00 bits per heavy atom. The van der Waals surface area contributed by atoms with Gasteiger partial charge < -0.3 is 9.84 Å². The Morgan fingerprint density at radius 1 is 1.25 bits per heavy atom. The van der Waals surface area contributed by atoms with Crippen molar-refractivity contribution in [3.05, 3.63) is 23.0 Å². The number of aromatic nitrogens is 1. The van der Waals surface area contributed by atoms with Gasteiger partial charge in [0.25, 0.3) is 0 Å². The zero-order chi connectivity index (χ0) is 15.0. The van der Waals surface area contributed by atoms with Gasteiger partial charge in [-0.15, -0.1) is 11.3 Å². The number of aromatic hydroxyl groups is 1. The molecule has 2 rings (SSSR count). The Bertz CT molecular complexity index is 522. The van der Waals surface area contributed by atoms with E-state index in [2.05, 4.69) is 18.8 Å². The van der Waals surface area contributed by atoms with Crippen molar-refractivity contribution in [2.24, 2.45) is 0 Å².